The third-order valence-corrected chi connectivity index (χ3v) is 2.43. The molecule has 0 amide bonds. The van der Waals surface area contributed by atoms with Gasteiger partial charge in [-0.25, -0.2) is 0 Å². The van der Waals surface area contributed by atoms with Gasteiger partial charge in [0.25, 0.3) is 0 Å². The minimum atomic E-state index is -0.337. The summed E-state index contributed by atoms with van der Waals surface area (Å²) in [4.78, 5) is 25.8. The molecule has 5 heteroatoms. The first-order chi connectivity index (χ1) is 7.74. The molecule has 1 aliphatic heterocycles. The average molecular weight is 218 g/mol. The molecule has 0 unspecified atom stereocenters. The van der Waals surface area contributed by atoms with Crippen molar-refractivity contribution in [3.05, 3.63) is 28.2 Å². The number of rotatable bonds is 3. The highest BCUT2D eigenvalue weighted by molar-refractivity contribution is 5.83. The maximum Gasteiger partial charge on any atom is 0.309 e. The monoisotopic (exact) mass is 218 g/mol. The molecule has 1 heterocycles. The van der Waals surface area contributed by atoms with Crippen LogP contribution in [-0.4, -0.2) is 19.3 Å². The van der Waals surface area contributed by atoms with Gasteiger partial charge < -0.3 is 4.74 Å². The lowest BCUT2D eigenvalue weighted by atomic mass is 10.0. The van der Waals surface area contributed by atoms with Crippen LogP contribution in [-0.2, 0) is 22.4 Å². The number of hydrogen-bond acceptors (Lipinski definition) is 5. The Bertz CT molecular complexity index is 480. The Morgan fingerprint density at radius 2 is 2.38 bits per heavy atom. The molecule has 0 fully saturated rings. The van der Waals surface area contributed by atoms with E-state index in [-0.39, 0.29) is 18.1 Å². The SMILES string of the molecule is COC(=O)Cc1cc2c(c(N=O)c1)N=CC2. The smallest absolute Gasteiger partial charge is 0.309 e. The van der Waals surface area contributed by atoms with E-state index in [1.165, 1.54) is 7.11 Å². The normalized spacial score (nSPS) is 12.3. The summed E-state index contributed by atoms with van der Waals surface area (Å²) in [6, 6.07) is 3.43. The number of benzene rings is 1. The number of esters is 1. The van der Waals surface area contributed by atoms with Gasteiger partial charge >= 0.3 is 5.97 Å². The van der Waals surface area contributed by atoms with Crippen molar-refractivity contribution in [3.8, 4) is 0 Å². The number of fused-ring (bicyclic) bond motifs is 1. The van der Waals surface area contributed by atoms with Crippen molar-refractivity contribution in [1.82, 2.24) is 0 Å². The van der Waals surface area contributed by atoms with Gasteiger partial charge in [-0.05, 0) is 22.4 Å². The molecule has 82 valence electrons. The molecule has 0 bridgehead atoms. The number of nitrogens with zero attached hydrogens (tertiary/aromatic N) is 2. The third kappa shape index (κ3) is 1.84. The van der Waals surface area contributed by atoms with Gasteiger partial charge in [0.2, 0.25) is 0 Å². The maximum absolute atomic E-state index is 11.1. The van der Waals surface area contributed by atoms with Crippen LogP contribution in [0.25, 0.3) is 0 Å². The van der Waals surface area contributed by atoms with Gasteiger partial charge in [0.1, 0.15) is 5.69 Å². The fourth-order valence-corrected chi connectivity index (χ4v) is 1.69. The number of carbonyl (C=O) groups is 1. The molecule has 1 aromatic carbocycles. The Morgan fingerprint density at radius 3 is 3.06 bits per heavy atom. The molecule has 0 aliphatic carbocycles. The van der Waals surface area contributed by atoms with Crippen LogP contribution in [0.2, 0.25) is 0 Å². The first kappa shape index (κ1) is 10.5. The van der Waals surface area contributed by atoms with Crippen molar-refractivity contribution < 1.29 is 9.53 Å². The molecule has 0 aromatic heterocycles. The van der Waals surface area contributed by atoms with Crippen molar-refractivity contribution in [2.24, 2.45) is 10.2 Å². The third-order valence-electron chi connectivity index (χ3n) is 2.43. The molecule has 1 aliphatic rings. The van der Waals surface area contributed by atoms with E-state index < -0.39 is 0 Å². The maximum atomic E-state index is 11.1. The summed E-state index contributed by atoms with van der Waals surface area (Å²) in [5, 5.41) is 2.92. The van der Waals surface area contributed by atoms with Crippen molar-refractivity contribution in [3.63, 3.8) is 0 Å². The minimum absolute atomic E-state index is 0.145. The summed E-state index contributed by atoms with van der Waals surface area (Å²) < 4.78 is 4.57. The number of carbonyl (C=O) groups excluding carboxylic acids is 1. The molecular weight excluding hydrogens is 208 g/mol. The summed E-state index contributed by atoms with van der Waals surface area (Å²) in [5.74, 6) is -0.337. The summed E-state index contributed by atoms with van der Waals surface area (Å²) in [6.45, 7) is 0. The second-order valence-corrected chi connectivity index (χ2v) is 3.48. The van der Waals surface area contributed by atoms with E-state index in [0.29, 0.717) is 12.1 Å². The number of hydrogen-bond donors (Lipinski definition) is 0. The van der Waals surface area contributed by atoms with Crippen LogP contribution >= 0.6 is 0 Å². The predicted octanol–water partition coefficient (Wildman–Crippen LogP) is 2.06. The zero-order chi connectivity index (χ0) is 11.5. The van der Waals surface area contributed by atoms with Crippen LogP contribution in [0.1, 0.15) is 11.1 Å². The van der Waals surface area contributed by atoms with E-state index in [4.69, 9.17) is 0 Å². The Morgan fingerprint density at radius 1 is 1.56 bits per heavy atom. The first-order valence-corrected chi connectivity index (χ1v) is 4.83. The van der Waals surface area contributed by atoms with E-state index in [1.807, 2.05) is 6.07 Å². The van der Waals surface area contributed by atoms with Crippen molar-refractivity contribution in [2.75, 3.05) is 7.11 Å². The van der Waals surface area contributed by atoms with Gasteiger partial charge in [0.15, 0.2) is 0 Å². The lowest BCUT2D eigenvalue weighted by molar-refractivity contribution is -0.139. The van der Waals surface area contributed by atoms with E-state index in [1.54, 1.807) is 12.3 Å². The number of aliphatic imine (C=N–C) groups is 1. The van der Waals surface area contributed by atoms with Crippen LogP contribution in [0.5, 0.6) is 0 Å². The molecule has 0 radical (unpaired) electrons. The Balaban J connectivity index is 2.36. The van der Waals surface area contributed by atoms with Gasteiger partial charge in [-0.15, -0.1) is 4.91 Å². The van der Waals surface area contributed by atoms with Gasteiger partial charge in [-0.3, -0.25) is 9.79 Å². The summed E-state index contributed by atoms with van der Waals surface area (Å²) in [5.41, 5.74) is 2.55. The number of nitroso groups, excluding NO2 is 1. The van der Waals surface area contributed by atoms with Gasteiger partial charge in [0.05, 0.1) is 19.2 Å². The fourth-order valence-electron chi connectivity index (χ4n) is 1.69. The van der Waals surface area contributed by atoms with E-state index in [0.717, 1.165) is 11.1 Å². The van der Waals surface area contributed by atoms with Crippen LogP contribution in [0.4, 0.5) is 11.4 Å². The molecule has 0 saturated carbocycles. The number of ether oxygens (including phenoxy) is 1. The quantitative estimate of drug-likeness (QED) is 0.576. The zero-order valence-electron chi connectivity index (χ0n) is 8.77. The van der Waals surface area contributed by atoms with Crippen molar-refractivity contribution >= 4 is 23.6 Å². The first-order valence-electron chi connectivity index (χ1n) is 4.83. The van der Waals surface area contributed by atoms with Gasteiger partial charge in [0, 0.05) is 12.6 Å². The Labute approximate surface area is 92.1 Å². The van der Waals surface area contributed by atoms with E-state index >= 15 is 0 Å². The summed E-state index contributed by atoms with van der Waals surface area (Å²) >= 11 is 0. The number of methoxy groups -OCH3 is 1. The lowest BCUT2D eigenvalue weighted by Crippen LogP contribution is -2.04. The van der Waals surface area contributed by atoms with Gasteiger partial charge in [-0.2, -0.15) is 0 Å². The minimum Gasteiger partial charge on any atom is -0.469 e. The highest BCUT2D eigenvalue weighted by Crippen LogP contribution is 2.36. The molecule has 1 aromatic rings. The predicted molar refractivity (Wildman–Crippen MR) is 59.5 cm³/mol. The molecule has 16 heavy (non-hydrogen) atoms. The van der Waals surface area contributed by atoms with Crippen molar-refractivity contribution in [2.45, 2.75) is 12.8 Å². The molecule has 0 saturated heterocycles. The van der Waals surface area contributed by atoms with E-state index in [2.05, 4.69) is 14.9 Å². The summed E-state index contributed by atoms with van der Waals surface area (Å²) in [7, 11) is 1.33. The molecule has 0 N–H and O–H groups in total. The second kappa shape index (κ2) is 4.22. The molecule has 0 spiro atoms. The van der Waals surface area contributed by atoms with Crippen LogP contribution in [0.15, 0.2) is 22.3 Å². The molecule has 2 rings (SSSR count). The topological polar surface area (TPSA) is 68.1 Å². The van der Waals surface area contributed by atoms with E-state index in [9.17, 15) is 9.70 Å². The standard InChI is InChI=1S/C11H10N2O3/c1-16-10(14)6-7-4-8-2-3-12-11(8)9(5-7)13-15/h3-5H,2,6H2,1H3. The largest absolute Gasteiger partial charge is 0.469 e. The molecule has 5 nitrogen and oxygen atoms in total. The highest BCUT2D eigenvalue weighted by atomic mass is 16.5. The van der Waals surface area contributed by atoms with Crippen LogP contribution in [0.3, 0.4) is 0 Å². The van der Waals surface area contributed by atoms with Gasteiger partial charge in [-0.1, -0.05) is 6.07 Å². The summed E-state index contributed by atoms with van der Waals surface area (Å²) in [6.07, 6.45) is 2.54. The average Bonchev–Trinajstić information content (AvgIpc) is 2.75. The second-order valence-electron chi connectivity index (χ2n) is 3.48. The Hall–Kier alpha value is -2.04. The zero-order valence-corrected chi connectivity index (χ0v) is 8.77. The molecule has 0 atom stereocenters. The molecular formula is C11H10N2O3. The Kier molecular flexibility index (Phi) is 2.76. The van der Waals surface area contributed by atoms with Crippen LogP contribution in [0, 0.1) is 4.91 Å². The van der Waals surface area contributed by atoms with Crippen molar-refractivity contribution in [1.29, 1.82) is 0 Å². The highest BCUT2D eigenvalue weighted by Gasteiger charge is 2.15. The van der Waals surface area contributed by atoms with Crippen LogP contribution < -0.4 is 0 Å². The fraction of sp³-hybridized carbons (Fsp3) is 0.273. The lowest BCUT2D eigenvalue weighted by Gasteiger charge is -2.04.